The molecule has 108 valence electrons. The van der Waals surface area contributed by atoms with Gasteiger partial charge < -0.3 is 5.32 Å². The highest BCUT2D eigenvalue weighted by Crippen LogP contribution is 2.29. The number of benzene rings is 1. The molecule has 20 heavy (non-hydrogen) atoms. The van der Waals surface area contributed by atoms with Crippen molar-refractivity contribution in [2.24, 2.45) is 5.92 Å². The highest BCUT2D eigenvalue weighted by molar-refractivity contribution is 9.10. The zero-order valence-electron chi connectivity index (χ0n) is 11.1. The van der Waals surface area contributed by atoms with Gasteiger partial charge in [-0.15, -0.1) is 0 Å². The third-order valence-corrected chi connectivity index (χ3v) is 4.33. The lowest BCUT2D eigenvalue weighted by Gasteiger charge is -2.20. The fourth-order valence-electron chi connectivity index (χ4n) is 2.58. The number of halogens is 1. The molecule has 0 aliphatic heterocycles. The highest BCUT2D eigenvalue weighted by atomic mass is 79.9. The number of rotatable bonds is 4. The molecule has 1 aliphatic carbocycles. The van der Waals surface area contributed by atoms with Gasteiger partial charge in [-0.3, -0.25) is 14.9 Å². The van der Waals surface area contributed by atoms with Crippen molar-refractivity contribution in [2.45, 2.75) is 38.5 Å². The summed E-state index contributed by atoms with van der Waals surface area (Å²) >= 11 is 3.30. The molecule has 0 saturated heterocycles. The number of anilines is 1. The first kappa shape index (κ1) is 15.0. The SMILES string of the molecule is O=C(CC1CCCCC1)Nc1cc([N+](=O)[O-])ccc1Br. The normalized spacial score (nSPS) is 15.8. The maximum atomic E-state index is 12.0. The Labute approximate surface area is 126 Å². The summed E-state index contributed by atoms with van der Waals surface area (Å²) in [5.74, 6) is 0.374. The molecule has 0 aromatic heterocycles. The van der Waals surface area contributed by atoms with Crippen molar-refractivity contribution in [2.75, 3.05) is 5.32 Å². The number of nitro groups is 1. The van der Waals surface area contributed by atoms with Crippen molar-refractivity contribution < 1.29 is 9.72 Å². The van der Waals surface area contributed by atoms with Gasteiger partial charge in [-0.2, -0.15) is 0 Å². The van der Waals surface area contributed by atoms with Crippen LogP contribution in [0.2, 0.25) is 0 Å². The predicted octanol–water partition coefficient (Wildman–Crippen LogP) is 4.27. The third-order valence-electron chi connectivity index (χ3n) is 3.63. The van der Waals surface area contributed by atoms with E-state index in [-0.39, 0.29) is 11.6 Å². The predicted molar refractivity (Wildman–Crippen MR) is 80.6 cm³/mol. The quantitative estimate of drug-likeness (QED) is 0.657. The van der Waals surface area contributed by atoms with Crippen LogP contribution >= 0.6 is 15.9 Å². The molecule has 0 atom stereocenters. The monoisotopic (exact) mass is 340 g/mol. The molecule has 0 bridgehead atoms. The Morgan fingerprint density at radius 1 is 1.35 bits per heavy atom. The molecule has 2 rings (SSSR count). The molecule has 1 N–H and O–H groups in total. The molecule has 0 heterocycles. The second-order valence-electron chi connectivity index (χ2n) is 5.18. The summed E-state index contributed by atoms with van der Waals surface area (Å²) in [6.45, 7) is 0. The van der Waals surface area contributed by atoms with Crippen LogP contribution in [0.3, 0.4) is 0 Å². The van der Waals surface area contributed by atoms with Gasteiger partial charge in [0.15, 0.2) is 0 Å². The molecule has 0 spiro atoms. The van der Waals surface area contributed by atoms with E-state index >= 15 is 0 Å². The minimum absolute atomic E-state index is 0.0267. The lowest BCUT2D eigenvalue weighted by Crippen LogP contribution is -2.18. The van der Waals surface area contributed by atoms with Crippen LogP contribution in [0.15, 0.2) is 22.7 Å². The van der Waals surface area contributed by atoms with E-state index in [0.717, 1.165) is 12.8 Å². The second-order valence-corrected chi connectivity index (χ2v) is 6.03. The van der Waals surface area contributed by atoms with Gasteiger partial charge in [0.1, 0.15) is 0 Å². The van der Waals surface area contributed by atoms with Gasteiger partial charge in [0.2, 0.25) is 5.91 Å². The van der Waals surface area contributed by atoms with Gasteiger partial charge in [0.05, 0.1) is 10.6 Å². The van der Waals surface area contributed by atoms with Gasteiger partial charge in [-0.25, -0.2) is 0 Å². The molecule has 0 radical (unpaired) electrons. The minimum atomic E-state index is -0.469. The fraction of sp³-hybridized carbons (Fsp3) is 0.500. The van der Waals surface area contributed by atoms with Gasteiger partial charge in [-0.05, 0) is 40.8 Å². The zero-order chi connectivity index (χ0) is 14.5. The van der Waals surface area contributed by atoms with E-state index in [1.54, 1.807) is 6.07 Å². The average Bonchev–Trinajstić information content (AvgIpc) is 2.42. The summed E-state index contributed by atoms with van der Waals surface area (Å²) in [6, 6.07) is 4.36. The van der Waals surface area contributed by atoms with Crippen LogP contribution in [0.5, 0.6) is 0 Å². The van der Waals surface area contributed by atoms with Gasteiger partial charge in [0, 0.05) is 23.0 Å². The van der Waals surface area contributed by atoms with E-state index < -0.39 is 4.92 Å². The van der Waals surface area contributed by atoms with Crippen molar-refractivity contribution in [1.29, 1.82) is 0 Å². The molecule has 1 aromatic rings. The Kier molecular flexibility index (Phi) is 5.11. The fourth-order valence-corrected chi connectivity index (χ4v) is 2.92. The summed E-state index contributed by atoms with van der Waals surface area (Å²) in [4.78, 5) is 22.3. The first-order valence-electron chi connectivity index (χ1n) is 6.80. The number of nitro benzene ring substituents is 1. The molecule has 1 aliphatic rings. The molecule has 1 fully saturated rings. The number of hydrogen-bond donors (Lipinski definition) is 1. The second kappa shape index (κ2) is 6.83. The van der Waals surface area contributed by atoms with Crippen LogP contribution < -0.4 is 5.32 Å². The van der Waals surface area contributed by atoms with E-state index in [2.05, 4.69) is 21.2 Å². The molecule has 1 amide bonds. The first-order valence-corrected chi connectivity index (χ1v) is 7.59. The van der Waals surface area contributed by atoms with Crippen LogP contribution in [0.1, 0.15) is 38.5 Å². The van der Waals surface area contributed by atoms with E-state index in [1.807, 2.05) is 0 Å². The van der Waals surface area contributed by atoms with Crippen molar-refractivity contribution in [3.8, 4) is 0 Å². The maximum absolute atomic E-state index is 12.0. The van der Waals surface area contributed by atoms with Crippen LogP contribution in [-0.2, 0) is 4.79 Å². The lowest BCUT2D eigenvalue weighted by molar-refractivity contribution is -0.384. The lowest BCUT2D eigenvalue weighted by atomic mass is 9.87. The number of amides is 1. The van der Waals surface area contributed by atoms with Crippen molar-refractivity contribution in [1.82, 2.24) is 0 Å². The summed E-state index contributed by atoms with van der Waals surface area (Å²) in [6.07, 6.45) is 6.34. The Morgan fingerprint density at radius 3 is 2.70 bits per heavy atom. The van der Waals surface area contributed by atoms with Crippen LogP contribution in [0.4, 0.5) is 11.4 Å². The summed E-state index contributed by atoms with van der Waals surface area (Å²) in [5.41, 5.74) is 0.432. The van der Waals surface area contributed by atoms with Crippen LogP contribution in [0, 0.1) is 16.0 Å². The van der Waals surface area contributed by atoms with Crippen molar-refractivity contribution in [3.63, 3.8) is 0 Å². The topological polar surface area (TPSA) is 72.2 Å². The van der Waals surface area contributed by atoms with Gasteiger partial charge in [-0.1, -0.05) is 19.3 Å². The number of nitrogens with zero attached hydrogens (tertiary/aromatic N) is 1. The Hall–Kier alpha value is -1.43. The smallest absolute Gasteiger partial charge is 0.271 e. The summed E-state index contributed by atoms with van der Waals surface area (Å²) in [7, 11) is 0. The molecular weight excluding hydrogens is 324 g/mol. The van der Waals surface area contributed by atoms with E-state index in [9.17, 15) is 14.9 Å². The van der Waals surface area contributed by atoms with Crippen molar-refractivity contribution >= 4 is 33.2 Å². The minimum Gasteiger partial charge on any atom is -0.325 e. The number of non-ortho nitro benzene ring substituents is 1. The molecule has 5 nitrogen and oxygen atoms in total. The van der Waals surface area contributed by atoms with Crippen LogP contribution in [-0.4, -0.2) is 10.8 Å². The standard InChI is InChI=1S/C14H17BrN2O3/c15-12-7-6-11(17(19)20)9-13(12)16-14(18)8-10-4-2-1-3-5-10/h6-7,9-10H,1-5,8H2,(H,16,18). The Bertz CT molecular complexity index is 513. The molecule has 0 unspecified atom stereocenters. The number of nitrogens with one attached hydrogen (secondary N) is 1. The van der Waals surface area contributed by atoms with Crippen molar-refractivity contribution in [3.05, 3.63) is 32.8 Å². The highest BCUT2D eigenvalue weighted by Gasteiger charge is 2.18. The summed E-state index contributed by atoms with van der Waals surface area (Å²) in [5, 5.41) is 13.5. The Balaban J connectivity index is 1.99. The third kappa shape index (κ3) is 4.03. The first-order chi connectivity index (χ1) is 9.56. The van der Waals surface area contributed by atoms with Gasteiger partial charge in [0.25, 0.3) is 5.69 Å². The van der Waals surface area contributed by atoms with Gasteiger partial charge >= 0.3 is 0 Å². The van der Waals surface area contributed by atoms with E-state index in [0.29, 0.717) is 22.5 Å². The Morgan fingerprint density at radius 2 is 2.05 bits per heavy atom. The summed E-state index contributed by atoms with van der Waals surface area (Å²) < 4.78 is 0.653. The average molecular weight is 341 g/mol. The largest absolute Gasteiger partial charge is 0.325 e. The molecule has 6 heteroatoms. The van der Waals surface area contributed by atoms with Crippen LogP contribution in [0.25, 0.3) is 0 Å². The van der Waals surface area contributed by atoms with E-state index in [4.69, 9.17) is 0 Å². The maximum Gasteiger partial charge on any atom is 0.271 e. The number of carbonyl (C=O) groups excluding carboxylic acids is 1. The molecular formula is C14H17BrN2O3. The number of hydrogen-bond acceptors (Lipinski definition) is 3. The van der Waals surface area contributed by atoms with E-state index in [1.165, 1.54) is 31.4 Å². The zero-order valence-corrected chi connectivity index (χ0v) is 12.7. The molecule has 1 aromatic carbocycles. The number of carbonyl (C=O) groups is 1. The molecule has 1 saturated carbocycles.